The van der Waals surface area contributed by atoms with E-state index in [4.69, 9.17) is 16.3 Å². The molecule has 2 aromatic heterocycles. The largest absolute Gasteiger partial charge is 0.447 e. The Morgan fingerprint density at radius 2 is 1.80 bits per heavy atom. The summed E-state index contributed by atoms with van der Waals surface area (Å²) in [5.74, 6) is -0.942. The van der Waals surface area contributed by atoms with Crippen molar-refractivity contribution in [3.05, 3.63) is 71.1 Å². The number of hydrogen-bond acceptors (Lipinski definition) is 8. The van der Waals surface area contributed by atoms with Gasteiger partial charge in [0.05, 0.1) is 23.3 Å². The van der Waals surface area contributed by atoms with Gasteiger partial charge in [-0.2, -0.15) is 46.7 Å². The van der Waals surface area contributed by atoms with E-state index < -0.39 is 48.5 Å². The Kier molecular flexibility index (Phi) is 9.12. The van der Waals surface area contributed by atoms with E-state index in [1.165, 1.54) is 18.2 Å². The molecule has 13 nitrogen and oxygen atoms in total. The van der Waals surface area contributed by atoms with Crippen LogP contribution in [0.25, 0.3) is 22.6 Å². The van der Waals surface area contributed by atoms with Crippen LogP contribution in [0.1, 0.15) is 88.6 Å². The molecule has 3 saturated carbocycles. The van der Waals surface area contributed by atoms with Crippen LogP contribution >= 0.6 is 11.6 Å². The summed E-state index contributed by atoms with van der Waals surface area (Å²) >= 11 is 6.47. The van der Waals surface area contributed by atoms with Crippen LogP contribution in [0.3, 0.4) is 0 Å². The Morgan fingerprint density at radius 3 is 2.43 bits per heavy atom. The smallest absolute Gasteiger partial charge is 0.411 e. The summed E-state index contributed by atoms with van der Waals surface area (Å²) in [7, 11) is 0. The van der Waals surface area contributed by atoms with Crippen molar-refractivity contribution in [2.75, 3.05) is 6.61 Å². The fourth-order valence-corrected chi connectivity index (χ4v) is 7.87. The molecule has 0 unspecified atom stereocenters. The van der Waals surface area contributed by atoms with Crippen molar-refractivity contribution in [1.82, 2.24) is 45.3 Å². The van der Waals surface area contributed by atoms with Crippen LogP contribution in [-0.4, -0.2) is 70.9 Å². The summed E-state index contributed by atoms with van der Waals surface area (Å²) in [4.78, 5) is 34.9. The number of alkyl halides is 5. The zero-order valence-corrected chi connectivity index (χ0v) is 31.0. The minimum Gasteiger partial charge on any atom is -0.447 e. The number of amides is 2. The predicted octanol–water partition coefficient (Wildman–Crippen LogP) is 7.54. The molecule has 2 aromatic carbocycles. The van der Waals surface area contributed by atoms with Crippen molar-refractivity contribution < 1.29 is 36.3 Å². The number of hydrogen-bond donors (Lipinski definition) is 3. The number of rotatable bonds is 13. The summed E-state index contributed by atoms with van der Waals surface area (Å²) in [5, 5.41) is 26.9. The maximum atomic E-state index is 15.2. The van der Waals surface area contributed by atoms with E-state index in [1.54, 1.807) is 23.1 Å². The summed E-state index contributed by atoms with van der Waals surface area (Å²) in [6, 6.07) is 10.4. The summed E-state index contributed by atoms with van der Waals surface area (Å²) in [5.41, 5.74) is -2.19. The quantitative estimate of drug-likeness (QED) is 0.117. The second kappa shape index (κ2) is 13.5. The topological polar surface area (TPSA) is 156 Å². The summed E-state index contributed by atoms with van der Waals surface area (Å²) in [6.07, 6.45) is 0.0855. The average molecular weight is 801 g/mol. The van der Waals surface area contributed by atoms with Crippen molar-refractivity contribution >= 4 is 29.6 Å². The normalized spacial score (nSPS) is 21.3. The van der Waals surface area contributed by atoms with Gasteiger partial charge >= 0.3 is 18.8 Å². The molecule has 4 aliphatic rings. The van der Waals surface area contributed by atoms with Gasteiger partial charge in [-0.05, 0) is 79.5 Å². The number of carbonyl (C=O) groups is 2. The molecule has 0 spiro atoms. The average Bonchev–Trinajstić information content (AvgIpc) is 4.10. The van der Waals surface area contributed by atoms with Gasteiger partial charge in [-0.1, -0.05) is 55.8 Å². The molecule has 19 heteroatoms. The molecule has 2 amide bonds. The van der Waals surface area contributed by atoms with E-state index in [0.717, 1.165) is 42.5 Å². The van der Waals surface area contributed by atoms with Crippen LogP contribution in [-0.2, 0) is 15.1 Å². The first-order chi connectivity index (χ1) is 26.5. The fourth-order valence-electron chi connectivity index (χ4n) is 7.66. The van der Waals surface area contributed by atoms with Crippen LogP contribution in [0, 0.1) is 16.7 Å². The highest BCUT2D eigenvalue weighted by Crippen LogP contribution is 2.53. The zero-order chi connectivity index (χ0) is 39.8. The minimum absolute atomic E-state index is 0.000599. The highest BCUT2D eigenvalue weighted by atomic mass is 35.5. The van der Waals surface area contributed by atoms with Gasteiger partial charge in [-0.25, -0.2) is 9.78 Å². The van der Waals surface area contributed by atoms with Crippen molar-refractivity contribution in [2.45, 2.75) is 94.7 Å². The van der Waals surface area contributed by atoms with Crippen molar-refractivity contribution in [1.29, 1.82) is 5.41 Å². The number of nitrogens with one attached hydrogen (secondary N) is 3. The molecular weight excluding hydrogens is 763 g/mol. The lowest BCUT2D eigenvalue weighted by Crippen LogP contribution is -2.49. The SMILES string of the molecule is CC(C)(C[C@]1(c2ccc(-c3cnn(C4CC4)n3)cc2)NC(=N)N([C@H](COC(=O)NC2(C(F)(F)F)CC2)c2ccc(Cl)c(-c3ncnn3C(F)F)c2)C1=O)C1CC1. The Balaban J connectivity index is 1.17. The van der Waals surface area contributed by atoms with Crippen molar-refractivity contribution in [3.63, 3.8) is 0 Å². The molecule has 2 atom stereocenters. The zero-order valence-electron chi connectivity index (χ0n) is 30.3. The molecule has 4 aromatic rings. The Morgan fingerprint density at radius 1 is 1.09 bits per heavy atom. The highest BCUT2D eigenvalue weighted by molar-refractivity contribution is 6.33. The van der Waals surface area contributed by atoms with Crippen LogP contribution in [0.5, 0.6) is 0 Å². The van der Waals surface area contributed by atoms with Gasteiger partial charge in [-0.15, -0.1) is 0 Å². The lowest BCUT2D eigenvalue weighted by Gasteiger charge is -2.37. The lowest BCUT2D eigenvalue weighted by atomic mass is 9.72. The highest BCUT2D eigenvalue weighted by Gasteiger charge is 2.65. The van der Waals surface area contributed by atoms with Gasteiger partial charge in [0.25, 0.3) is 5.91 Å². The van der Waals surface area contributed by atoms with E-state index in [-0.39, 0.29) is 58.7 Å². The van der Waals surface area contributed by atoms with Crippen molar-refractivity contribution in [2.24, 2.45) is 11.3 Å². The Bertz CT molecular complexity index is 2180. The lowest BCUT2D eigenvalue weighted by molar-refractivity contribution is -0.164. The Hall–Kier alpha value is -5.13. The standard InChI is InChI=1S/C37H38ClF5N10O3/c1-34(2,22-8-9-22)18-36(23-6-3-20(4-7-23)27-16-46-53(50-27)24-10-11-24)30(54)51(32(44)48-36)28(17-56-33(55)49-35(13-14-35)37(41,42)43)21-5-12-26(38)25(15-21)29-45-19-47-52(29)31(39)40/h3-7,12,15-16,19,22,24,28,31H,8-11,13-14,17-18H2,1-2H3,(H2,44,48)(H,49,55)/t28-,36-/m1/s1. The molecule has 4 fully saturated rings. The van der Waals surface area contributed by atoms with Gasteiger partial charge in [-0.3, -0.25) is 15.1 Å². The molecule has 296 valence electrons. The number of alkyl carbamates (subject to hydrolysis) is 1. The molecule has 3 aliphatic carbocycles. The molecule has 1 saturated heterocycles. The number of halogens is 6. The third-order valence-electron chi connectivity index (χ3n) is 11.3. The van der Waals surface area contributed by atoms with Gasteiger partial charge in [0.1, 0.15) is 29.7 Å². The molecule has 3 N–H and O–H groups in total. The predicted molar refractivity (Wildman–Crippen MR) is 191 cm³/mol. The van der Waals surface area contributed by atoms with Gasteiger partial charge in [0.15, 0.2) is 11.8 Å². The van der Waals surface area contributed by atoms with Crippen LogP contribution < -0.4 is 10.6 Å². The molecule has 8 rings (SSSR count). The van der Waals surface area contributed by atoms with Crippen LogP contribution in [0.2, 0.25) is 5.02 Å². The number of guanidine groups is 1. The van der Waals surface area contributed by atoms with E-state index >= 15 is 4.79 Å². The number of carbonyl (C=O) groups excluding carboxylic acids is 2. The second-order valence-electron chi connectivity index (χ2n) is 15.7. The monoisotopic (exact) mass is 800 g/mol. The van der Waals surface area contributed by atoms with E-state index in [9.17, 15) is 32.2 Å². The molecule has 0 radical (unpaired) electrons. The van der Waals surface area contributed by atoms with E-state index in [1.807, 2.05) is 17.4 Å². The number of benzene rings is 2. The number of nitrogens with zero attached hydrogens (tertiary/aromatic N) is 7. The van der Waals surface area contributed by atoms with E-state index in [0.29, 0.717) is 21.9 Å². The molecular formula is C37H38ClF5N10O3. The van der Waals surface area contributed by atoms with Crippen LogP contribution in [0.4, 0.5) is 26.7 Å². The third kappa shape index (κ3) is 6.85. The molecule has 0 bridgehead atoms. The minimum atomic E-state index is -4.72. The first-order valence-corrected chi connectivity index (χ1v) is 18.6. The van der Waals surface area contributed by atoms with Gasteiger partial charge in [0, 0.05) is 11.1 Å². The number of aromatic nitrogens is 6. The molecule has 56 heavy (non-hydrogen) atoms. The van der Waals surface area contributed by atoms with Gasteiger partial charge in [0.2, 0.25) is 0 Å². The van der Waals surface area contributed by atoms with Gasteiger partial charge < -0.3 is 15.4 Å². The first kappa shape index (κ1) is 37.8. The summed E-state index contributed by atoms with van der Waals surface area (Å²) in [6.45, 7) is 0.322. The summed E-state index contributed by atoms with van der Waals surface area (Å²) < 4.78 is 74.7. The van der Waals surface area contributed by atoms with Crippen molar-refractivity contribution in [3.8, 4) is 22.6 Å². The first-order valence-electron chi connectivity index (χ1n) is 18.2. The Labute approximate surface area is 322 Å². The number of ether oxygens (including phenoxy) is 1. The van der Waals surface area contributed by atoms with E-state index in [2.05, 4.69) is 39.4 Å². The maximum Gasteiger partial charge on any atom is 0.411 e. The third-order valence-corrected chi connectivity index (χ3v) is 11.6. The fraction of sp³-hybridized carbons (Fsp3) is 0.486. The second-order valence-corrected chi connectivity index (χ2v) is 16.1. The van der Waals surface area contributed by atoms with Crippen LogP contribution in [0.15, 0.2) is 55.0 Å². The maximum absolute atomic E-state index is 15.2. The molecule has 3 heterocycles. The molecule has 1 aliphatic heterocycles.